The fraction of sp³-hybridized carbons (Fsp3) is 0.917. The van der Waals surface area contributed by atoms with E-state index in [-0.39, 0.29) is 26.2 Å². The summed E-state index contributed by atoms with van der Waals surface area (Å²) in [7, 11) is -7.26. The van der Waals surface area contributed by atoms with Crippen molar-refractivity contribution >= 4 is 26.2 Å². The summed E-state index contributed by atoms with van der Waals surface area (Å²) in [6.07, 6.45) is 1.34. The van der Waals surface area contributed by atoms with Gasteiger partial charge in [-0.2, -0.15) is 12.7 Å². The summed E-state index contributed by atoms with van der Waals surface area (Å²) >= 11 is 0. The number of nitrogens with zero attached hydrogens (tertiary/aromatic N) is 2. The Bertz CT molecular complexity index is 637. The highest BCUT2D eigenvalue weighted by molar-refractivity contribution is 7.88. The van der Waals surface area contributed by atoms with Crippen molar-refractivity contribution in [1.29, 1.82) is 0 Å². The minimum Gasteiger partial charge on any atom is -0.444 e. The Morgan fingerprint density at radius 3 is 2.13 bits per heavy atom. The minimum absolute atomic E-state index is 0.00248. The van der Waals surface area contributed by atoms with Crippen molar-refractivity contribution in [2.75, 3.05) is 38.8 Å². The molecule has 1 rings (SSSR count). The van der Waals surface area contributed by atoms with Gasteiger partial charge in [0.1, 0.15) is 5.60 Å². The van der Waals surface area contributed by atoms with Crippen LogP contribution in [0.25, 0.3) is 0 Å². The molecule has 0 aromatic heterocycles. The molecule has 0 aromatic carbocycles. The second-order valence-electron chi connectivity index (χ2n) is 6.44. The number of rotatable bonds is 4. The molecule has 23 heavy (non-hydrogen) atoms. The monoisotopic (exact) mass is 372 g/mol. The zero-order valence-electron chi connectivity index (χ0n) is 14.0. The lowest BCUT2D eigenvalue weighted by molar-refractivity contribution is 0.0102. The molecule has 1 saturated heterocycles. The molecular weight excluding hydrogens is 348 g/mol. The summed E-state index contributed by atoms with van der Waals surface area (Å²) in [5.74, 6) is 0. The second kappa shape index (κ2) is 6.91. The maximum atomic E-state index is 12.1. The Labute approximate surface area is 137 Å². The molecule has 0 N–H and O–H groups in total. The van der Waals surface area contributed by atoms with Crippen LogP contribution in [-0.4, -0.2) is 82.5 Å². The zero-order chi connectivity index (χ0) is 18.1. The molecular formula is C12H24N2O7S2. The third-order valence-electron chi connectivity index (χ3n) is 2.98. The molecule has 0 radical (unpaired) electrons. The van der Waals surface area contributed by atoms with Gasteiger partial charge in [0, 0.05) is 19.6 Å². The Hall–Kier alpha value is -0.910. The first-order valence-electron chi connectivity index (χ1n) is 6.98. The molecule has 0 spiro atoms. The molecule has 11 heteroatoms. The molecule has 9 nitrogen and oxygen atoms in total. The number of hydrogen-bond acceptors (Lipinski definition) is 7. The van der Waals surface area contributed by atoms with Gasteiger partial charge in [-0.25, -0.2) is 13.2 Å². The van der Waals surface area contributed by atoms with E-state index < -0.39 is 37.9 Å². The van der Waals surface area contributed by atoms with Gasteiger partial charge in [-0.1, -0.05) is 0 Å². The molecule has 0 aromatic rings. The fourth-order valence-electron chi connectivity index (χ4n) is 2.11. The Kier molecular flexibility index (Phi) is 6.05. The SMILES string of the molecule is CC(C)(C)OC(=O)N1CCN(S(C)(=O)=O)[C@H](COS(C)(=O)=O)C1. The quantitative estimate of drug-likeness (QED) is 0.631. The van der Waals surface area contributed by atoms with Crippen molar-refractivity contribution in [3.63, 3.8) is 0 Å². The predicted octanol–water partition coefficient (Wildman–Crippen LogP) is -0.156. The minimum atomic E-state index is -3.72. The van der Waals surface area contributed by atoms with E-state index in [2.05, 4.69) is 0 Å². The van der Waals surface area contributed by atoms with E-state index in [1.54, 1.807) is 20.8 Å². The normalized spacial score (nSPS) is 21.3. The molecule has 1 amide bonds. The van der Waals surface area contributed by atoms with Gasteiger partial charge < -0.3 is 9.64 Å². The van der Waals surface area contributed by atoms with Crippen LogP contribution in [0.5, 0.6) is 0 Å². The standard InChI is InChI=1S/C12H24N2O7S2/c1-12(2,3)21-11(15)13-6-7-14(22(4,16)17)10(8-13)9-20-23(5,18)19/h10H,6-9H2,1-5H3/t10-/m0/s1. The lowest BCUT2D eigenvalue weighted by atomic mass is 10.2. The van der Waals surface area contributed by atoms with Crippen LogP contribution >= 0.6 is 0 Å². The molecule has 1 aliphatic rings. The molecule has 1 fully saturated rings. The fourth-order valence-corrected chi connectivity index (χ4v) is 3.59. The van der Waals surface area contributed by atoms with Crippen LogP contribution in [0.3, 0.4) is 0 Å². The summed E-state index contributed by atoms with van der Waals surface area (Å²) < 4.78 is 57.0. The van der Waals surface area contributed by atoms with Crippen LogP contribution in [0.2, 0.25) is 0 Å². The number of piperazine rings is 1. The smallest absolute Gasteiger partial charge is 0.410 e. The first kappa shape index (κ1) is 20.1. The molecule has 0 bridgehead atoms. The largest absolute Gasteiger partial charge is 0.444 e. The molecule has 1 aliphatic heterocycles. The van der Waals surface area contributed by atoms with Gasteiger partial charge in [-0.15, -0.1) is 0 Å². The lowest BCUT2D eigenvalue weighted by Gasteiger charge is -2.39. The zero-order valence-corrected chi connectivity index (χ0v) is 15.6. The lowest BCUT2D eigenvalue weighted by Crippen LogP contribution is -2.58. The summed E-state index contributed by atoms with van der Waals surface area (Å²) in [6.45, 7) is 5.03. The van der Waals surface area contributed by atoms with E-state index in [1.807, 2.05) is 0 Å². The van der Waals surface area contributed by atoms with Crippen molar-refractivity contribution in [2.45, 2.75) is 32.4 Å². The Morgan fingerprint density at radius 1 is 1.13 bits per heavy atom. The van der Waals surface area contributed by atoms with Crippen LogP contribution < -0.4 is 0 Å². The topological polar surface area (TPSA) is 110 Å². The van der Waals surface area contributed by atoms with Crippen LogP contribution in [-0.2, 0) is 29.1 Å². The number of ether oxygens (including phenoxy) is 1. The van der Waals surface area contributed by atoms with Gasteiger partial charge in [0.2, 0.25) is 10.0 Å². The number of amides is 1. The van der Waals surface area contributed by atoms with Gasteiger partial charge in [-0.05, 0) is 20.8 Å². The van der Waals surface area contributed by atoms with Gasteiger partial charge in [0.25, 0.3) is 10.1 Å². The summed E-state index contributed by atoms with van der Waals surface area (Å²) in [6, 6.07) is -0.791. The van der Waals surface area contributed by atoms with E-state index in [9.17, 15) is 21.6 Å². The van der Waals surface area contributed by atoms with E-state index in [0.717, 1.165) is 16.8 Å². The van der Waals surface area contributed by atoms with Gasteiger partial charge in [0.15, 0.2) is 0 Å². The maximum absolute atomic E-state index is 12.1. The first-order chi connectivity index (χ1) is 10.2. The Morgan fingerprint density at radius 2 is 1.70 bits per heavy atom. The molecule has 1 heterocycles. The third kappa shape index (κ3) is 7.02. The summed E-state index contributed by atoms with van der Waals surface area (Å²) in [5.41, 5.74) is -0.677. The van der Waals surface area contributed by atoms with Crippen molar-refractivity contribution in [1.82, 2.24) is 9.21 Å². The van der Waals surface area contributed by atoms with Crippen LogP contribution in [0.15, 0.2) is 0 Å². The van der Waals surface area contributed by atoms with Crippen LogP contribution in [0, 0.1) is 0 Å². The average molecular weight is 372 g/mol. The molecule has 136 valence electrons. The summed E-state index contributed by atoms with van der Waals surface area (Å²) in [4.78, 5) is 13.4. The number of hydrogen-bond donors (Lipinski definition) is 0. The van der Waals surface area contributed by atoms with Crippen LogP contribution in [0.4, 0.5) is 4.79 Å². The molecule has 0 saturated carbocycles. The maximum Gasteiger partial charge on any atom is 0.410 e. The number of sulfonamides is 1. The van der Waals surface area contributed by atoms with Gasteiger partial charge in [-0.3, -0.25) is 4.18 Å². The highest BCUT2D eigenvalue weighted by Crippen LogP contribution is 2.17. The van der Waals surface area contributed by atoms with Crippen molar-refractivity contribution in [3.05, 3.63) is 0 Å². The van der Waals surface area contributed by atoms with E-state index in [1.165, 1.54) is 4.90 Å². The summed E-state index contributed by atoms with van der Waals surface area (Å²) in [5, 5.41) is 0. The van der Waals surface area contributed by atoms with Gasteiger partial charge in [0.05, 0.1) is 25.2 Å². The highest BCUT2D eigenvalue weighted by atomic mass is 32.2. The molecule has 0 unspecified atom stereocenters. The highest BCUT2D eigenvalue weighted by Gasteiger charge is 2.36. The van der Waals surface area contributed by atoms with Crippen molar-refractivity contribution in [3.8, 4) is 0 Å². The van der Waals surface area contributed by atoms with Gasteiger partial charge >= 0.3 is 6.09 Å². The predicted molar refractivity (Wildman–Crippen MR) is 83.9 cm³/mol. The number of carbonyl (C=O) groups is 1. The van der Waals surface area contributed by atoms with Crippen molar-refractivity contribution < 1.29 is 30.6 Å². The molecule has 1 atom stereocenters. The third-order valence-corrected chi connectivity index (χ3v) is 4.88. The van der Waals surface area contributed by atoms with Crippen molar-refractivity contribution in [2.24, 2.45) is 0 Å². The molecule has 0 aliphatic carbocycles. The second-order valence-corrected chi connectivity index (χ2v) is 10.0. The van der Waals surface area contributed by atoms with E-state index in [4.69, 9.17) is 8.92 Å². The van der Waals surface area contributed by atoms with E-state index in [0.29, 0.717) is 0 Å². The van der Waals surface area contributed by atoms with E-state index >= 15 is 0 Å². The Balaban J connectivity index is 2.87. The first-order valence-corrected chi connectivity index (χ1v) is 10.6. The average Bonchev–Trinajstić information content (AvgIpc) is 2.31. The van der Waals surface area contributed by atoms with Crippen LogP contribution in [0.1, 0.15) is 20.8 Å². The number of carbonyl (C=O) groups excluding carboxylic acids is 1.